The van der Waals surface area contributed by atoms with Crippen LogP contribution in [0.4, 0.5) is 4.79 Å². The van der Waals surface area contributed by atoms with Crippen molar-refractivity contribution in [1.82, 2.24) is 15.5 Å². The van der Waals surface area contributed by atoms with Gasteiger partial charge < -0.3 is 20.3 Å². The third-order valence-corrected chi connectivity index (χ3v) is 4.90. The highest BCUT2D eigenvalue weighted by atomic mass is 16.6. The Labute approximate surface area is 198 Å². The highest BCUT2D eigenvalue weighted by molar-refractivity contribution is 5.92. The lowest BCUT2D eigenvalue weighted by atomic mass is 9.99. The third-order valence-electron chi connectivity index (χ3n) is 4.90. The van der Waals surface area contributed by atoms with E-state index >= 15 is 0 Å². The Hall–Kier alpha value is -3.01. The number of nitrogens with zero attached hydrogens (tertiary/aromatic N) is 1. The maximum absolute atomic E-state index is 13.5. The second-order valence-electron chi connectivity index (χ2n) is 9.59. The summed E-state index contributed by atoms with van der Waals surface area (Å²) in [7, 11) is 1.57. The number of benzene rings is 1. The Kier molecular flexibility index (Phi) is 10.9. The molecule has 0 aliphatic carbocycles. The van der Waals surface area contributed by atoms with Crippen LogP contribution in [0.2, 0.25) is 0 Å². The van der Waals surface area contributed by atoms with Crippen molar-refractivity contribution in [3.8, 4) is 12.3 Å². The van der Waals surface area contributed by atoms with E-state index in [0.717, 1.165) is 12.8 Å². The van der Waals surface area contributed by atoms with E-state index in [-0.39, 0.29) is 17.7 Å². The zero-order valence-corrected chi connectivity index (χ0v) is 21.0. The van der Waals surface area contributed by atoms with Crippen molar-refractivity contribution < 1.29 is 19.1 Å². The number of hydrogen-bond acceptors (Lipinski definition) is 4. The Morgan fingerprint density at radius 3 is 2.24 bits per heavy atom. The molecule has 0 saturated heterocycles. The van der Waals surface area contributed by atoms with Crippen LogP contribution in [0.3, 0.4) is 0 Å². The van der Waals surface area contributed by atoms with E-state index in [1.54, 1.807) is 52.1 Å². The topological polar surface area (TPSA) is 87.7 Å². The van der Waals surface area contributed by atoms with Gasteiger partial charge in [0.2, 0.25) is 11.8 Å². The molecule has 0 aromatic heterocycles. The number of carbonyl (C=O) groups is 3. The van der Waals surface area contributed by atoms with Gasteiger partial charge in [-0.1, -0.05) is 45.2 Å². The van der Waals surface area contributed by atoms with Crippen molar-refractivity contribution in [2.45, 2.75) is 78.5 Å². The number of alkyl carbamates (subject to hydrolysis) is 1. The van der Waals surface area contributed by atoms with Crippen molar-refractivity contribution in [1.29, 1.82) is 0 Å². The van der Waals surface area contributed by atoms with E-state index in [1.807, 2.05) is 20.8 Å². The van der Waals surface area contributed by atoms with Gasteiger partial charge in [-0.05, 0) is 57.2 Å². The Balaban J connectivity index is 3.21. The number of carbonyl (C=O) groups excluding carboxylic acids is 3. The van der Waals surface area contributed by atoms with E-state index in [1.165, 1.54) is 4.90 Å². The lowest BCUT2D eigenvalue weighted by Gasteiger charge is -2.32. The molecule has 1 aromatic carbocycles. The van der Waals surface area contributed by atoms with Gasteiger partial charge in [0.1, 0.15) is 17.7 Å². The lowest BCUT2D eigenvalue weighted by Crippen LogP contribution is -2.52. The number of ether oxygens (including phenoxy) is 1. The van der Waals surface area contributed by atoms with Crippen molar-refractivity contribution in [2.75, 3.05) is 13.6 Å². The average molecular weight is 458 g/mol. The molecule has 1 rings (SSSR count). The summed E-state index contributed by atoms with van der Waals surface area (Å²) < 4.78 is 5.34. The first-order valence-corrected chi connectivity index (χ1v) is 11.5. The lowest BCUT2D eigenvalue weighted by molar-refractivity contribution is -0.141. The summed E-state index contributed by atoms with van der Waals surface area (Å²) >= 11 is 0. The molecule has 0 heterocycles. The highest BCUT2D eigenvalue weighted by Crippen LogP contribution is 2.23. The van der Waals surface area contributed by atoms with Gasteiger partial charge in [-0.2, -0.15) is 0 Å². The van der Waals surface area contributed by atoms with Gasteiger partial charge in [-0.3, -0.25) is 9.59 Å². The SMILES string of the molecule is C#Cc1ccc(C(C(=O)NCCCC)N(C)C(=O)C(CC(C)C)NC(=O)OC(C)(C)C)cc1. The van der Waals surface area contributed by atoms with Crippen LogP contribution in [0.15, 0.2) is 24.3 Å². The Morgan fingerprint density at radius 2 is 1.76 bits per heavy atom. The molecule has 1 aromatic rings. The van der Waals surface area contributed by atoms with Crippen molar-refractivity contribution >= 4 is 17.9 Å². The maximum Gasteiger partial charge on any atom is 0.408 e. The smallest absolute Gasteiger partial charge is 0.408 e. The van der Waals surface area contributed by atoms with Crippen molar-refractivity contribution in [3.05, 3.63) is 35.4 Å². The molecule has 0 fully saturated rings. The van der Waals surface area contributed by atoms with E-state index in [2.05, 4.69) is 16.6 Å². The summed E-state index contributed by atoms with van der Waals surface area (Å²) in [6.07, 6.45) is 6.96. The van der Waals surface area contributed by atoms with Gasteiger partial charge in [0, 0.05) is 19.2 Å². The number of hydrogen-bond donors (Lipinski definition) is 2. The van der Waals surface area contributed by atoms with Gasteiger partial charge in [0.15, 0.2) is 0 Å². The van der Waals surface area contributed by atoms with Crippen molar-refractivity contribution in [3.63, 3.8) is 0 Å². The fourth-order valence-corrected chi connectivity index (χ4v) is 3.31. The molecule has 2 atom stereocenters. The monoisotopic (exact) mass is 457 g/mol. The molecule has 182 valence electrons. The zero-order valence-electron chi connectivity index (χ0n) is 21.0. The molecule has 0 aliphatic rings. The summed E-state index contributed by atoms with van der Waals surface area (Å²) in [6.45, 7) is 11.8. The van der Waals surface area contributed by atoms with Gasteiger partial charge in [0.25, 0.3) is 0 Å². The summed E-state index contributed by atoms with van der Waals surface area (Å²) in [4.78, 5) is 40.4. The molecule has 2 unspecified atom stereocenters. The predicted molar refractivity (Wildman–Crippen MR) is 130 cm³/mol. The van der Waals surface area contributed by atoms with Crippen LogP contribution in [0.1, 0.15) is 78.0 Å². The van der Waals surface area contributed by atoms with Gasteiger partial charge in [-0.25, -0.2) is 4.79 Å². The molecule has 2 N–H and O–H groups in total. The number of amides is 3. The fourth-order valence-electron chi connectivity index (χ4n) is 3.31. The quantitative estimate of drug-likeness (QED) is 0.410. The van der Waals surface area contributed by atoms with Crippen LogP contribution in [-0.4, -0.2) is 48.0 Å². The molecular formula is C26H39N3O4. The number of rotatable bonds is 10. The molecule has 7 heteroatoms. The predicted octanol–water partition coefficient (Wildman–Crippen LogP) is 4.02. The maximum atomic E-state index is 13.5. The van der Waals surface area contributed by atoms with E-state index in [4.69, 9.17) is 11.2 Å². The Bertz CT molecular complexity index is 835. The first kappa shape index (κ1) is 28.0. The normalized spacial score (nSPS) is 12.9. The van der Waals surface area contributed by atoms with Crippen LogP contribution in [0, 0.1) is 18.3 Å². The van der Waals surface area contributed by atoms with Crippen LogP contribution >= 0.6 is 0 Å². The first-order valence-electron chi connectivity index (χ1n) is 11.5. The fraction of sp³-hybridized carbons (Fsp3) is 0.577. The van der Waals surface area contributed by atoms with Gasteiger partial charge in [0.05, 0.1) is 0 Å². The van der Waals surface area contributed by atoms with E-state index in [0.29, 0.717) is 24.1 Å². The van der Waals surface area contributed by atoms with E-state index in [9.17, 15) is 14.4 Å². The van der Waals surface area contributed by atoms with Crippen LogP contribution in [-0.2, 0) is 14.3 Å². The molecule has 0 saturated carbocycles. The number of likely N-dealkylation sites (N-methyl/N-ethyl adjacent to an activating group) is 1. The number of nitrogens with one attached hydrogen (secondary N) is 2. The minimum atomic E-state index is -0.865. The summed E-state index contributed by atoms with van der Waals surface area (Å²) in [5.74, 6) is 2.03. The van der Waals surface area contributed by atoms with Crippen LogP contribution in [0.25, 0.3) is 0 Å². The third kappa shape index (κ3) is 9.56. The largest absolute Gasteiger partial charge is 0.444 e. The molecule has 33 heavy (non-hydrogen) atoms. The summed E-state index contributed by atoms with van der Waals surface area (Å²) in [5, 5.41) is 5.60. The first-order chi connectivity index (χ1) is 15.4. The minimum absolute atomic E-state index is 0.133. The summed E-state index contributed by atoms with van der Waals surface area (Å²) in [5.41, 5.74) is 0.628. The van der Waals surface area contributed by atoms with Gasteiger partial charge >= 0.3 is 6.09 Å². The average Bonchev–Trinajstić information content (AvgIpc) is 2.71. The van der Waals surface area contributed by atoms with Crippen LogP contribution < -0.4 is 10.6 Å². The Morgan fingerprint density at radius 1 is 1.15 bits per heavy atom. The molecule has 3 amide bonds. The summed E-state index contributed by atoms with van der Waals surface area (Å²) in [6, 6.07) is 5.29. The molecule has 0 radical (unpaired) electrons. The molecule has 0 spiro atoms. The van der Waals surface area contributed by atoms with E-state index < -0.39 is 23.8 Å². The number of unbranched alkanes of at least 4 members (excludes halogenated alkanes) is 1. The second-order valence-corrected chi connectivity index (χ2v) is 9.59. The number of terminal acetylenes is 1. The standard InChI is InChI=1S/C26H39N3O4/c1-9-11-16-27-23(30)22(20-14-12-19(10-2)13-15-20)29(8)24(31)21(17-18(3)4)28-25(32)33-26(5,6)7/h2,12-15,18,21-22H,9,11,16-17H2,1,3-8H3,(H,27,30)(H,28,32). The zero-order chi connectivity index (χ0) is 25.2. The molecular weight excluding hydrogens is 418 g/mol. The van der Waals surface area contributed by atoms with Crippen LogP contribution in [0.5, 0.6) is 0 Å². The second kappa shape index (κ2) is 12.9. The molecule has 0 aliphatic heterocycles. The molecule has 7 nitrogen and oxygen atoms in total. The minimum Gasteiger partial charge on any atom is -0.444 e. The van der Waals surface area contributed by atoms with Crippen molar-refractivity contribution in [2.24, 2.45) is 5.92 Å². The molecule has 0 bridgehead atoms. The van der Waals surface area contributed by atoms with Gasteiger partial charge in [-0.15, -0.1) is 6.42 Å². The highest BCUT2D eigenvalue weighted by Gasteiger charge is 2.34.